The standard InChI is InChI=1S/C21H30N2O4/c1-3-4-9-27-18-8-7-16(12-19(18)26-2)21(25)23-22-20(24)13-17-11-14-5-6-15(17)10-14/h7-8,12,14-15,17H,3-6,9-11,13H2,1-2H3,(H,22,24)(H,23,25)/t14-,15+,17+/m0/s1. The number of amides is 2. The van der Waals surface area contributed by atoms with E-state index in [2.05, 4.69) is 17.8 Å². The van der Waals surface area contributed by atoms with Gasteiger partial charge in [0, 0.05) is 12.0 Å². The van der Waals surface area contributed by atoms with Crippen molar-refractivity contribution >= 4 is 11.8 Å². The maximum atomic E-state index is 12.3. The van der Waals surface area contributed by atoms with E-state index in [1.165, 1.54) is 19.3 Å². The van der Waals surface area contributed by atoms with Gasteiger partial charge < -0.3 is 9.47 Å². The van der Waals surface area contributed by atoms with Crippen LogP contribution in [0.15, 0.2) is 18.2 Å². The van der Waals surface area contributed by atoms with Gasteiger partial charge >= 0.3 is 0 Å². The van der Waals surface area contributed by atoms with Gasteiger partial charge in [-0.3, -0.25) is 20.4 Å². The SMILES string of the molecule is CCCCOc1ccc(C(=O)NNC(=O)C[C@H]2C[C@H]3CC[C@@H]2C3)cc1OC. The fourth-order valence-electron chi connectivity index (χ4n) is 4.37. The largest absolute Gasteiger partial charge is 0.493 e. The van der Waals surface area contributed by atoms with E-state index in [1.54, 1.807) is 25.3 Å². The summed E-state index contributed by atoms with van der Waals surface area (Å²) in [6.45, 7) is 2.71. The van der Waals surface area contributed by atoms with Crippen molar-refractivity contribution in [3.05, 3.63) is 23.8 Å². The molecule has 0 saturated heterocycles. The highest BCUT2D eigenvalue weighted by atomic mass is 16.5. The monoisotopic (exact) mass is 374 g/mol. The zero-order valence-corrected chi connectivity index (χ0v) is 16.3. The number of benzene rings is 1. The van der Waals surface area contributed by atoms with Gasteiger partial charge in [0.15, 0.2) is 11.5 Å². The van der Waals surface area contributed by atoms with E-state index >= 15 is 0 Å². The molecule has 3 rings (SSSR count). The molecule has 0 radical (unpaired) electrons. The van der Waals surface area contributed by atoms with Crippen LogP contribution in [0.1, 0.15) is 62.2 Å². The molecule has 27 heavy (non-hydrogen) atoms. The van der Waals surface area contributed by atoms with Gasteiger partial charge in [-0.15, -0.1) is 0 Å². The Morgan fingerprint density at radius 2 is 2.00 bits per heavy atom. The third kappa shape index (κ3) is 4.93. The van der Waals surface area contributed by atoms with Crippen LogP contribution in [0.3, 0.4) is 0 Å². The molecule has 2 amide bonds. The van der Waals surface area contributed by atoms with Crippen LogP contribution < -0.4 is 20.3 Å². The summed E-state index contributed by atoms with van der Waals surface area (Å²) in [6.07, 6.45) is 7.50. The van der Waals surface area contributed by atoms with Crippen molar-refractivity contribution in [2.45, 2.75) is 51.9 Å². The molecular formula is C21H30N2O4. The second-order valence-corrected chi connectivity index (χ2v) is 7.71. The van der Waals surface area contributed by atoms with Crippen molar-refractivity contribution in [2.75, 3.05) is 13.7 Å². The lowest BCUT2D eigenvalue weighted by Gasteiger charge is -2.21. The number of hydrogen-bond acceptors (Lipinski definition) is 4. The number of carbonyl (C=O) groups is 2. The van der Waals surface area contributed by atoms with Gasteiger partial charge in [0.25, 0.3) is 5.91 Å². The maximum absolute atomic E-state index is 12.3. The summed E-state index contributed by atoms with van der Waals surface area (Å²) >= 11 is 0. The molecule has 0 heterocycles. The molecule has 0 aromatic heterocycles. The van der Waals surface area contributed by atoms with Crippen molar-refractivity contribution in [1.29, 1.82) is 0 Å². The third-order valence-corrected chi connectivity index (χ3v) is 5.83. The summed E-state index contributed by atoms with van der Waals surface area (Å²) in [6, 6.07) is 5.01. The van der Waals surface area contributed by atoms with Gasteiger partial charge in [-0.1, -0.05) is 19.8 Å². The smallest absolute Gasteiger partial charge is 0.269 e. The third-order valence-electron chi connectivity index (χ3n) is 5.83. The Kier molecular flexibility index (Phi) is 6.58. The first-order valence-electron chi connectivity index (χ1n) is 10.0. The quantitative estimate of drug-likeness (QED) is 0.540. The molecule has 0 aliphatic heterocycles. The lowest BCUT2D eigenvalue weighted by Crippen LogP contribution is -2.42. The Balaban J connectivity index is 1.49. The summed E-state index contributed by atoms with van der Waals surface area (Å²) < 4.78 is 11.0. The Labute approximate surface area is 161 Å². The first-order valence-corrected chi connectivity index (χ1v) is 10.0. The van der Waals surface area contributed by atoms with E-state index in [0.29, 0.717) is 41.9 Å². The van der Waals surface area contributed by atoms with Gasteiger partial charge in [0.2, 0.25) is 5.91 Å². The van der Waals surface area contributed by atoms with Crippen LogP contribution in [0, 0.1) is 17.8 Å². The minimum Gasteiger partial charge on any atom is -0.493 e. The molecule has 148 valence electrons. The predicted octanol–water partition coefficient (Wildman–Crippen LogP) is 3.46. The van der Waals surface area contributed by atoms with Crippen molar-refractivity contribution in [2.24, 2.45) is 17.8 Å². The second kappa shape index (κ2) is 9.11. The van der Waals surface area contributed by atoms with Crippen molar-refractivity contribution in [1.82, 2.24) is 10.9 Å². The molecule has 0 spiro atoms. The summed E-state index contributed by atoms with van der Waals surface area (Å²) in [4.78, 5) is 24.5. The number of rotatable bonds is 8. The fraction of sp³-hybridized carbons (Fsp3) is 0.619. The normalized spacial score (nSPS) is 23.1. The van der Waals surface area contributed by atoms with Gasteiger partial charge in [-0.2, -0.15) is 0 Å². The van der Waals surface area contributed by atoms with E-state index in [-0.39, 0.29) is 11.8 Å². The highest BCUT2D eigenvalue weighted by Gasteiger charge is 2.40. The summed E-state index contributed by atoms with van der Waals surface area (Å²) in [5, 5.41) is 0. The zero-order valence-electron chi connectivity index (χ0n) is 16.3. The lowest BCUT2D eigenvalue weighted by atomic mass is 9.86. The first kappa shape index (κ1) is 19.5. The number of hydrogen-bond donors (Lipinski definition) is 2. The average molecular weight is 374 g/mol. The number of methoxy groups -OCH3 is 1. The molecule has 1 aromatic carbocycles. The molecule has 2 aliphatic carbocycles. The zero-order chi connectivity index (χ0) is 19.2. The number of ether oxygens (including phenoxy) is 2. The van der Waals surface area contributed by atoms with E-state index in [4.69, 9.17) is 9.47 Å². The molecule has 2 bridgehead atoms. The van der Waals surface area contributed by atoms with Crippen LogP contribution in [-0.2, 0) is 4.79 Å². The number of nitrogens with one attached hydrogen (secondary N) is 2. The minimum absolute atomic E-state index is 0.118. The van der Waals surface area contributed by atoms with Crippen molar-refractivity contribution < 1.29 is 19.1 Å². The van der Waals surface area contributed by atoms with Gasteiger partial charge in [0.1, 0.15) is 0 Å². The molecule has 6 nitrogen and oxygen atoms in total. The number of hydrazine groups is 1. The Bertz CT molecular complexity index is 676. The molecular weight excluding hydrogens is 344 g/mol. The van der Waals surface area contributed by atoms with Crippen LogP contribution in [0.5, 0.6) is 11.5 Å². The van der Waals surface area contributed by atoms with Crippen molar-refractivity contribution in [3.63, 3.8) is 0 Å². The average Bonchev–Trinajstić information content (AvgIpc) is 3.29. The molecule has 6 heteroatoms. The van der Waals surface area contributed by atoms with Gasteiger partial charge in [0.05, 0.1) is 13.7 Å². The minimum atomic E-state index is -0.366. The number of carbonyl (C=O) groups excluding carboxylic acids is 2. The van der Waals surface area contributed by atoms with Crippen LogP contribution in [0.25, 0.3) is 0 Å². The Hall–Kier alpha value is -2.24. The number of fused-ring (bicyclic) bond motifs is 2. The van der Waals surface area contributed by atoms with Crippen molar-refractivity contribution in [3.8, 4) is 11.5 Å². The molecule has 2 saturated carbocycles. The van der Waals surface area contributed by atoms with Crippen LogP contribution in [-0.4, -0.2) is 25.5 Å². The highest BCUT2D eigenvalue weighted by Crippen LogP contribution is 2.49. The van der Waals surface area contributed by atoms with E-state index in [0.717, 1.165) is 25.2 Å². The second-order valence-electron chi connectivity index (χ2n) is 7.71. The Morgan fingerprint density at radius 1 is 1.15 bits per heavy atom. The summed E-state index contributed by atoms with van der Waals surface area (Å²) in [7, 11) is 1.54. The Morgan fingerprint density at radius 3 is 2.67 bits per heavy atom. The van der Waals surface area contributed by atoms with Crippen LogP contribution in [0.4, 0.5) is 0 Å². The molecule has 3 atom stereocenters. The first-order chi connectivity index (χ1) is 13.1. The molecule has 2 fully saturated rings. The van der Waals surface area contributed by atoms with Gasteiger partial charge in [-0.25, -0.2) is 0 Å². The molecule has 2 N–H and O–H groups in total. The predicted molar refractivity (Wildman–Crippen MR) is 103 cm³/mol. The maximum Gasteiger partial charge on any atom is 0.269 e. The van der Waals surface area contributed by atoms with Crippen LogP contribution in [0.2, 0.25) is 0 Å². The molecule has 2 aliphatic rings. The van der Waals surface area contributed by atoms with E-state index < -0.39 is 0 Å². The number of unbranched alkanes of at least 4 members (excludes halogenated alkanes) is 1. The summed E-state index contributed by atoms with van der Waals surface area (Å²) in [5.74, 6) is 2.62. The fourth-order valence-corrected chi connectivity index (χ4v) is 4.37. The van der Waals surface area contributed by atoms with E-state index in [9.17, 15) is 9.59 Å². The van der Waals surface area contributed by atoms with Crippen LogP contribution >= 0.6 is 0 Å². The van der Waals surface area contributed by atoms with E-state index in [1.807, 2.05) is 0 Å². The molecule has 1 aromatic rings. The van der Waals surface area contributed by atoms with Gasteiger partial charge in [-0.05, 0) is 61.6 Å². The highest BCUT2D eigenvalue weighted by molar-refractivity contribution is 5.96. The summed E-state index contributed by atoms with van der Waals surface area (Å²) in [5.41, 5.74) is 5.47. The molecule has 0 unspecified atom stereocenters. The topological polar surface area (TPSA) is 76.7 Å². The lowest BCUT2D eigenvalue weighted by molar-refractivity contribution is -0.123.